The molecule has 2 aromatic carbocycles. The standard InChI is InChI=1S/C20H20ClN3O6S2/c1-12-8-16(31(22,26)27)10-18(13(12)2)24-20(25)14-5-6-17(21)19(9-14)32(28,29)23-11-15-4-3-7-30-15/h3-10,23H,11H2,1-2H3,(H,24,25)(H2,22,26,27). The second-order valence-corrected chi connectivity index (χ2v) is 10.7. The summed E-state index contributed by atoms with van der Waals surface area (Å²) in [6, 6.07) is 9.65. The Kier molecular flexibility index (Phi) is 6.77. The number of sulfonamides is 2. The summed E-state index contributed by atoms with van der Waals surface area (Å²) in [6.07, 6.45) is 1.41. The van der Waals surface area contributed by atoms with Gasteiger partial charge in [-0.2, -0.15) is 0 Å². The molecule has 0 aliphatic rings. The lowest BCUT2D eigenvalue weighted by atomic mass is 10.1. The summed E-state index contributed by atoms with van der Waals surface area (Å²) in [5, 5.41) is 7.73. The van der Waals surface area contributed by atoms with Crippen LogP contribution in [0.1, 0.15) is 27.2 Å². The van der Waals surface area contributed by atoms with Gasteiger partial charge in [0.1, 0.15) is 10.7 Å². The van der Waals surface area contributed by atoms with Crippen LogP contribution < -0.4 is 15.2 Å². The van der Waals surface area contributed by atoms with Gasteiger partial charge < -0.3 is 9.73 Å². The van der Waals surface area contributed by atoms with Crippen molar-refractivity contribution in [3.63, 3.8) is 0 Å². The lowest BCUT2D eigenvalue weighted by molar-refractivity contribution is 0.102. The molecule has 0 saturated carbocycles. The number of hydrogen-bond donors (Lipinski definition) is 3. The molecule has 0 aliphatic carbocycles. The average Bonchev–Trinajstić information content (AvgIpc) is 3.23. The third-order valence-electron chi connectivity index (χ3n) is 4.72. The lowest BCUT2D eigenvalue weighted by Gasteiger charge is -2.14. The van der Waals surface area contributed by atoms with Crippen molar-refractivity contribution in [2.75, 3.05) is 5.32 Å². The number of anilines is 1. The van der Waals surface area contributed by atoms with Gasteiger partial charge in [-0.3, -0.25) is 4.79 Å². The molecule has 1 heterocycles. The predicted octanol–water partition coefficient (Wildman–Crippen LogP) is 2.93. The molecule has 32 heavy (non-hydrogen) atoms. The van der Waals surface area contributed by atoms with Crippen molar-refractivity contribution in [3.05, 3.63) is 76.2 Å². The van der Waals surface area contributed by atoms with E-state index in [-0.39, 0.29) is 32.6 Å². The van der Waals surface area contributed by atoms with Gasteiger partial charge >= 0.3 is 0 Å². The molecular weight excluding hydrogens is 478 g/mol. The zero-order valence-electron chi connectivity index (χ0n) is 17.0. The number of amides is 1. The maximum atomic E-state index is 12.8. The average molecular weight is 498 g/mol. The molecule has 0 spiro atoms. The third kappa shape index (κ3) is 5.37. The second-order valence-electron chi connectivity index (χ2n) is 6.96. The van der Waals surface area contributed by atoms with Crippen LogP contribution in [0.25, 0.3) is 0 Å². The van der Waals surface area contributed by atoms with Gasteiger partial charge in [-0.1, -0.05) is 11.6 Å². The lowest BCUT2D eigenvalue weighted by Crippen LogP contribution is -2.24. The number of carbonyl (C=O) groups excluding carboxylic acids is 1. The molecule has 0 radical (unpaired) electrons. The number of benzene rings is 2. The van der Waals surface area contributed by atoms with Crippen molar-refractivity contribution in [2.24, 2.45) is 5.14 Å². The Hall–Kier alpha value is -2.70. The van der Waals surface area contributed by atoms with E-state index < -0.39 is 26.0 Å². The normalized spacial score (nSPS) is 12.0. The van der Waals surface area contributed by atoms with Gasteiger partial charge in [0.2, 0.25) is 20.0 Å². The van der Waals surface area contributed by atoms with Crippen molar-refractivity contribution in [3.8, 4) is 0 Å². The minimum absolute atomic E-state index is 0.00540. The van der Waals surface area contributed by atoms with E-state index in [0.717, 1.165) is 6.07 Å². The molecule has 3 rings (SSSR count). The molecule has 1 amide bonds. The SMILES string of the molecule is Cc1cc(S(N)(=O)=O)cc(NC(=O)c2ccc(Cl)c(S(=O)(=O)NCc3ccco3)c2)c1C. The Bertz CT molecular complexity index is 1380. The van der Waals surface area contributed by atoms with E-state index in [0.29, 0.717) is 16.9 Å². The smallest absolute Gasteiger partial charge is 0.255 e. The molecule has 9 nitrogen and oxygen atoms in total. The topological polar surface area (TPSA) is 149 Å². The van der Waals surface area contributed by atoms with Gasteiger partial charge in [-0.25, -0.2) is 26.7 Å². The van der Waals surface area contributed by atoms with Crippen LogP contribution in [0.4, 0.5) is 5.69 Å². The third-order valence-corrected chi connectivity index (χ3v) is 7.49. The predicted molar refractivity (Wildman–Crippen MR) is 119 cm³/mol. The molecule has 170 valence electrons. The summed E-state index contributed by atoms with van der Waals surface area (Å²) in [7, 11) is -8.04. The molecule has 0 fully saturated rings. The maximum absolute atomic E-state index is 12.8. The summed E-state index contributed by atoms with van der Waals surface area (Å²) in [4.78, 5) is 12.4. The first-order chi connectivity index (χ1) is 14.9. The van der Waals surface area contributed by atoms with Gasteiger partial charge in [0.25, 0.3) is 5.91 Å². The Balaban J connectivity index is 1.90. The van der Waals surface area contributed by atoms with Gasteiger partial charge in [0, 0.05) is 11.3 Å². The summed E-state index contributed by atoms with van der Waals surface area (Å²) >= 11 is 6.07. The van der Waals surface area contributed by atoms with E-state index in [9.17, 15) is 21.6 Å². The second kappa shape index (κ2) is 9.04. The Morgan fingerprint density at radius 2 is 1.81 bits per heavy atom. The molecular formula is C20H20ClN3O6S2. The Morgan fingerprint density at radius 3 is 2.44 bits per heavy atom. The highest BCUT2D eigenvalue weighted by Gasteiger charge is 2.21. The number of nitrogens with one attached hydrogen (secondary N) is 2. The number of nitrogens with two attached hydrogens (primary N) is 1. The molecule has 1 aromatic heterocycles. The van der Waals surface area contributed by atoms with E-state index in [1.54, 1.807) is 26.0 Å². The van der Waals surface area contributed by atoms with E-state index in [4.69, 9.17) is 21.2 Å². The number of halogens is 1. The Morgan fingerprint density at radius 1 is 1.09 bits per heavy atom. The highest BCUT2D eigenvalue weighted by molar-refractivity contribution is 7.89. The molecule has 0 bridgehead atoms. The number of furan rings is 1. The Labute approximate surface area is 190 Å². The van der Waals surface area contributed by atoms with Gasteiger partial charge in [0.15, 0.2) is 0 Å². The van der Waals surface area contributed by atoms with Crippen molar-refractivity contribution < 1.29 is 26.0 Å². The summed E-state index contributed by atoms with van der Waals surface area (Å²) < 4.78 is 56.3. The molecule has 3 aromatic rings. The quantitative estimate of drug-likeness (QED) is 0.457. The van der Waals surface area contributed by atoms with Crippen molar-refractivity contribution >= 4 is 43.2 Å². The van der Waals surface area contributed by atoms with Crippen molar-refractivity contribution in [2.45, 2.75) is 30.2 Å². The summed E-state index contributed by atoms with van der Waals surface area (Å²) in [6.45, 7) is 3.28. The first kappa shape index (κ1) is 24.0. The van der Waals surface area contributed by atoms with Crippen molar-refractivity contribution in [1.82, 2.24) is 4.72 Å². The van der Waals surface area contributed by atoms with Crippen LogP contribution in [0.5, 0.6) is 0 Å². The summed E-state index contributed by atoms with van der Waals surface area (Å²) in [5.74, 6) is -0.252. The zero-order valence-corrected chi connectivity index (χ0v) is 19.4. The van der Waals surface area contributed by atoms with E-state index in [1.807, 2.05) is 0 Å². The molecule has 4 N–H and O–H groups in total. The van der Waals surface area contributed by atoms with Crippen molar-refractivity contribution in [1.29, 1.82) is 0 Å². The van der Waals surface area contributed by atoms with Crippen LogP contribution in [0, 0.1) is 13.8 Å². The fourth-order valence-corrected chi connectivity index (χ4v) is 4.96. The van der Waals surface area contributed by atoms with Gasteiger partial charge in [0.05, 0.1) is 22.7 Å². The molecule has 12 heteroatoms. The number of rotatable bonds is 7. The van der Waals surface area contributed by atoms with Gasteiger partial charge in [-0.15, -0.1) is 0 Å². The van der Waals surface area contributed by atoms with Crippen LogP contribution in [0.3, 0.4) is 0 Å². The fraction of sp³-hybridized carbons (Fsp3) is 0.150. The molecule has 0 aliphatic heterocycles. The van der Waals surface area contributed by atoms with Gasteiger partial charge in [-0.05, 0) is 67.4 Å². The largest absolute Gasteiger partial charge is 0.468 e. The van der Waals surface area contributed by atoms with E-state index in [2.05, 4.69) is 10.0 Å². The first-order valence-electron chi connectivity index (χ1n) is 9.15. The highest BCUT2D eigenvalue weighted by Crippen LogP contribution is 2.26. The van der Waals surface area contributed by atoms with Crippen LogP contribution in [-0.2, 0) is 26.6 Å². The minimum Gasteiger partial charge on any atom is -0.468 e. The monoisotopic (exact) mass is 497 g/mol. The zero-order chi connectivity index (χ0) is 23.7. The summed E-state index contributed by atoms with van der Waals surface area (Å²) in [5.41, 5.74) is 1.47. The van der Waals surface area contributed by atoms with E-state index in [1.165, 1.54) is 30.5 Å². The van der Waals surface area contributed by atoms with Crippen LogP contribution >= 0.6 is 11.6 Å². The fourth-order valence-electron chi connectivity index (χ4n) is 2.82. The molecule has 0 atom stereocenters. The number of hydrogen-bond acceptors (Lipinski definition) is 6. The van der Waals surface area contributed by atoms with E-state index >= 15 is 0 Å². The van der Waals surface area contributed by atoms with Crippen LogP contribution in [-0.4, -0.2) is 22.7 Å². The number of primary sulfonamides is 1. The van der Waals surface area contributed by atoms with Crippen LogP contribution in [0.2, 0.25) is 5.02 Å². The minimum atomic E-state index is -4.05. The molecule has 0 saturated heterocycles. The maximum Gasteiger partial charge on any atom is 0.255 e. The number of carbonyl (C=O) groups is 1. The first-order valence-corrected chi connectivity index (χ1v) is 12.6. The van der Waals surface area contributed by atoms with Crippen LogP contribution in [0.15, 0.2) is 62.9 Å². The molecule has 0 unspecified atom stereocenters. The number of aryl methyl sites for hydroxylation is 1. The highest BCUT2D eigenvalue weighted by atomic mass is 35.5.